The van der Waals surface area contributed by atoms with E-state index in [2.05, 4.69) is 19.9 Å². The maximum atomic E-state index is 12.0. The molecule has 0 atom stereocenters. The normalized spacial score (nSPS) is 11.6. The number of aromatic nitrogens is 4. The maximum Gasteiger partial charge on any atom is 0.246 e. The van der Waals surface area contributed by atoms with Crippen molar-refractivity contribution in [3.8, 4) is 0 Å². The van der Waals surface area contributed by atoms with Crippen LogP contribution in [0, 0.1) is 0 Å². The molecular formula is C10H13N5O3S. The number of rotatable bonds is 5. The van der Waals surface area contributed by atoms with Gasteiger partial charge in [0.25, 0.3) is 0 Å². The number of hydrogen-bond donors (Lipinski definition) is 2. The summed E-state index contributed by atoms with van der Waals surface area (Å²) >= 11 is 0. The molecule has 0 saturated heterocycles. The predicted molar refractivity (Wildman–Crippen MR) is 66.8 cm³/mol. The first-order chi connectivity index (χ1) is 9.04. The van der Waals surface area contributed by atoms with Crippen molar-refractivity contribution in [2.75, 3.05) is 0 Å². The highest BCUT2D eigenvalue weighted by atomic mass is 32.2. The van der Waals surface area contributed by atoms with E-state index in [0.717, 1.165) is 12.3 Å². The largest absolute Gasteiger partial charge is 0.366 e. The summed E-state index contributed by atoms with van der Waals surface area (Å²) in [6.45, 7) is 2.50. The minimum absolute atomic E-state index is 0.0233. The van der Waals surface area contributed by atoms with Crippen LogP contribution >= 0.6 is 0 Å². The van der Waals surface area contributed by atoms with Crippen LogP contribution in [0.25, 0.3) is 0 Å². The van der Waals surface area contributed by atoms with Gasteiger partial charge in [-0.05, 0) is 6.92 Å². The van der Waals surface area contributed by atoms with Crippen LogP contribution in [-0.4, -0.2) is 28.2 Å². The average molecular weight is 283 g/mol. The molecule has 19 heavy (non-hydrogen) atoms. The van der Waals surface area contributed by atoms with E-state index in [1.54, 1.807) is 4.57 Å². The van der Waals surface area contributed by atoms with Gasteiger partial charge in [0.1, 0.15) is 17.0 Å². The second-order valence-corrected chi connectivity index (χ2v) is 5.47. The predicted octanol–water partition coefficient (Wildman–Crippen LogP) is -0.535. The van der Waals surface area contributed by atoms with Gasteiger partial charge in [-0.25, -0.2) is 13.1 Å². The molecule has 2 aromatic rings. The first kappa shape index (κ1) is 13.4. The molecule has 8 nitrogen and oxygen atoms in total. The van der Waals surface area contributed by atoms with Gasteiger partial charge in [-0.1, -0.05) is 0 Å². The molecule has 0 aliphatic carbocycles. The molecule has 2 N–H and O–H groups in total. The van der Waals surface area contributed by atoms with Crippen LogP contribution in [0.4, 0.5) is 0 Å². The summed E-state index contributed by atoms with van der Waals surface area (Å²) in [5.74, 6) is 0.485. The maximum absolute atomic E-state index is 12.0. The van der Waals surface area contributed by atoms with Crippen molar-refractivity contribution in [2.45, 2.75) is 24.9 Å². The number of aryl methyl sites for hydroxylation is 1. The van der Waals surface area contributed by atoms with Crippen molar-refractivity contribution < 1.29 is 8.42 Å². The Morgan fingerprint density at radius 3 is 2.95 bits per heavy atom. The number of sulfonamides is 1. The molecule has 102 valence electrons. The highest BCUT2D eigenvalue weighted by Crippen LogP contribution is 2.02. The van der Waals surface area contributed by atoms with Gasteiger partial charge in [0, 0.05) is 25.0 Å². The van der Waals surface area contributed by atoms with E-state index in [9.17, 15) is 13.2 Å². The summed E-state index contributed by atoms with van der Waals surface area (Å²) in [5, 5.41) is 7.50. The molecule has 0 aliphatic rings. The molecule has 2 aromatic heterocycles. The van der Waals surface area contributed by atoms with Crippen molar-refractivity contribution in [1.82, 2.24) is 24.5 Å². The van der Waals surface area contributed by atoms with Crippen LogP contribution in [0.15, 0.2) is 34.5 Å². The van der Waals surface area contributed by atoms with Crippen LogP contribution in [0.5, 0.6) is 0 Å². The van der Waals surface area contributed by atoms with Crippen LogP contribution in [0.1, 0.15) is 12.7 Å². The fraction of sp³-hybridized carbons (Fsp3) is 0.300. The first-order valence-corrected chi connectivity index (χ1v) is 7.06. The monoisotopic (exact) mass is 283 g/mol. The summed E-state index contributed by atoms with van der Waals surface area (Å²) in [6.07, 6.45) is 4.03. The Labute approximate surface area is 109 Å². The molecule has 0 amide bonds. The molecule has 0 radical (unpaired) electrons. The molecule has 0 aliphatic heterocycles. The van der Waals surface area contributed by atoms with E-state index in [-0.39, 0.29) is 11.4 Å². The Morgan fingerprint density at radius 2 is 2.26 bits per heavy atom. The molecule has 2 rings (SSSR count). The number of pyridine rings is 1. The van der Waals surface area contributed by atoms with Crippen molar-refractivity contribution in [2.24, 2.45) is 0 Å². The summed E-state index contributed by atoms with van der Waals surface area (Å²) in [6, 6.07) is 1.16. The lowest BCUT2D eigenvalue weighted by Crippen LogP contribution is -2.29. The Bertz CT molecular complexity index is 719. The number of H-pyrrole nitrogens is 1. The molecule has 0 unspecified atom stereocenters. The van der Waals surface area contributed by atoms with E-state index >= 15 is 0 Å². The third kappa shape index (κ3) is 2.88. The van der Waals surface area contributed by atoms with Gasteiger partial charge in [-0.3, -0.25) is 4.79 Å². The van der Waals surface area contributed by atoms with Gasteiger partial charge >= 0.3 is 0 Å². The third-order valence-corrected chi connectivity index (χ3v) is 3.96. The SMILES string of the molecule is CCn1cnnc1CNS(=O)(=O)c1c[nH]ccc1=O. The highest BCUT2D eigenvalue weighted by molar-refractivity contribution is 7.89. The van der Waals surface area contributed by atoms with E-state index < -0.39 is 15.5 Å². The summed E-state index contributed by atoms with van der Waals surface area (Å²) in [4.78, 5) is 13.7. The molecule has 0 aromatic carbocycles. The molecule has 9 heteroatoms. The lowest BCUT2D eigenvalue weighted by Gasteiger charge is -2.06. The van der Waals surface area contributed by atoms with Crippen LogP contribution in [0.2, 0.25) is 0 Å². The second-order valence-electron chi connectivity index (χ2n) is 3.73. The zero-order chi connectivity index (χ0) is 13.9. The van der Waals surface area contributed by atoms with Gasteiger partial charge in [-0.2, -0.15) is 0 Å². The fourth-order valence-electron chi connectivity index (χ4n) is 1.53. The fourth-order valence-corrected chi connectivity index (χ4v) is 2.56. The molecule has 0 spiro atoms. The van der Waals surface area contributed by atoms with E-state index in [4.69, 9.17) is 0 Å². The summed E-state index contributed by atoms with van der Waals surface area (Å²) in [7, 11) is -3.87. The number of hydrogen-bond acceptors (Lipinski definition) is 5. The van der Waals surface area contributed by atoms with Gasteiger partial charge < -0.3 is 9.55 Å². The van der Waals surface area contributed by atoms with E-state index in [0.29, 0.717) is 12.4 Å². The Kier molecular flexibility index (Phi) is 3.76. The van der Waals surface area contributed by atoms with Crippen molar-refractivity contribution in [1.29, 1.82) is 0 Å². The quantitative estimate of drug-likeness (QED) is 0.766. The average Bonchev–Trinajstić information content (AvgIpc) is 2.84. The minimum atomic E-state index is -3.87. The van der Waals surface area contributed by atoms with Crippen LogP contribution in [0.3, 0.4) is 0 Å². The second kappa shape index (κ2) is 5.33. The lowest BCUT2D eigenvalue weighted by atomic mass is 10.5. The van der Waals surface area contributed by atoms with Gasteiger partial charge in [-0.15, -0.1) is 10.2 Å². The minimum Gasteiger partial charge on any atom is -0.366 e. The van der Waals surface area contributed by atoms with Crippen molar-refractivity contribution >= 4 is 10.0 Å². The topological polar surface area (TPSA) is 110 Å². The Balaban J connectivity index is 2.20. The smallest absolute Gasteiger partial charge is 0.246 e. The molecule has 2 heterocycles. The summed E-state index contributed by atoms with van der Waals surface area (Å²) in [5.41, 5.74) is -0.566. The van der Waals surface area contributed by atoms with Crippen molar-refractivity contribution in [3.63, 3.8) is 0 Å². The zero-order valence-corrected chi connectivity index (χ0v) is 11.0. The van der Waals surface area contributed by atoms with Crippen molar-refractivity contribution in [3.05, 3.63) is 40.8 Å². The van der Waals surface area contributed by atoms with E-state index in [1.165, 1.54) is 12.5 Å². The molecule has 0 bridgehead atoms. The molecule has 0 fully saturated rings. The zero-order valence-electron chi connectivity index (χ0n) is 10.2. The Hall–Kier alpha value is -2.00. The van der Waals surface area contributed by atoms with Crippen LogP contribution in [-0.2, 0) is 23.1 Å². The number of nitrogens with one attached hydrogen (secondary N) is 2. The van der Waals surface area contributed by atoms with Gasteiger partial charge in [0.2, 0.25) is 15.5 Å². The van der Waals surface area contributed by atoms with Crippen LogP contribution < -0.4 is 10.2 Å². The molecule has 0 saturated carbocycles. The first-order valence-electron chi connectivity index (χ1n) is 5.58. The Morgan fingerprint density at radius 1 is 1.47 bits per heavy atom. The standard InChI is InChI=1S/C10H13N5O3S/c1-2-15-7-12-14-10(15)6-13-19(17,18)9-5-11-4-3-8(9)16/h3-5,7,13H,2,6H2,1H3,(H,11,16). The highest BCUT2D eigenvalue weighted by Gasteiger charge is 2.18. The third-order valence-electron chi connectivity index (χ3n) is 2.53. The molecular weight excluding hydrogens is 270 g/mol. The van der Waals surface area contributed by atoms with Gasteiger partial charge in [0.05, 0.1) is 6.54 Å². The summed E-state index contributed by atoms with van der Waals surface area (Å²) < 4.78 is 27.9. The van der Waals surface area contributed by atoms with Gasteiger partial charge in [0.15, 0.2) is 0 Å². The number of nitrogens with zero attached hydrogens (tertiary/aromatic N) is 3. The lowest BCUT2D eigenvalue weighted by molar-refractivity contribution is 0.574. The number of aromatic amines is 1. The van der Waals surface area contributed by atoms with E-state index in [1.807, 2.05) is 6.92 Å².